The van der Waals surface area contributed by atoms with Crippen molar-refractivity contribution in [2.24, 2.45) is 13.5 Å². The van der Waals surface area contributed by atoms with Gasteiger partial charge in [0, 0.05) is 11.0 Å². The molecule has 0 spiro atoms. The molecule has 0 saturated carbocycles. The van der Waals surface area contributed by atoms with Crippen molar-refractivity contribution in [3.63, 3.8) is 0 Å². The SMILES string of the molecule is CC(C)P1(c2ccccc2)=NP(Cl)(Cl)=NP(Cl)(Cl)=N1. The summed E-state index contributed by atoms with van der Waals surface area (Å²) >= 11 is 24.8. The third kappa shape index (κ3) is 3.64. The Morgan fingerprint density at radius 1 is 0.842 bits per heavy atom. The van der Waals surface area contributed by atoms with Gasteiger partial charge in [0.25, 0.3) is 11.8 Å². The van der Waals surface area contributed by atoms with Crippen molar-refractivity contribution < 1.29 is 0 Å². The molecule has 1 aromatic carbocycles. The van der Waals surface area contributed by atoms with Crippen molar-refractivity contribution in [2.45, 2.75) is 19.5 Å². The van der Waals surface area contributed by atoms with Crippen LogP contribution in [-0.2, 0) is 0 Å². The summed E-state index contributed by atoms with van der Waals surface area (Å²) in [6, 6.07) is 9.73. The van der Waals surface area contributed by atoms with Crippen LogP contribution in [0.1, 0.15) is 13.8 Å². The van der Waals surface area contributed by atoms with Crippen LogP contribution in [0.3, 0.4) is 0 Å². The summed E-state index contributed by atoms with van der Waals surface area (Å²) in [6.45, 7) is 4.06. The first kappa shape index (κ1) is 16.4. The number of halogens is 4. The highest BCUT2D eigenvalue weighted by molar-refractivity contribution is 8.21. The molecule has 1 atom stereocenters. The minimum absolute atomic E-state index is 0.124. The van der Waals surface area contributed by atoms with E-state index >= 15 is 0 Å². The van der Waals surface area contributed by atoms with Crippen LogP contribution < -0.4 is 5.30 Å². The molecule has 0 amide bonds. The molecule has 19 heavy (non-hydrogen) atoms. The fraction of sp³-hybridized carbons (Fsp3) is 0.333. The van der Waals surface area contributed by atoms with Gasteiger partial charge in [-0.1, -0.05) is 44.2 Å². The van der Waals surface area contributed by atoms with E-state index in [1.165, 1.54) is 0 Å². The lowest BCUT2D eigenvalue weighted by molar-refractivity contribution is 1.08. The van der Waals surface area contributed by atoms with E-state index in [-0.39, 0.29) is 5.66 Å². The van der Waals surface area contributed by atoms with Crippen molar-refractivity contribution in [1.82, 2.24) is 0 Å². The first-order valence-electron chi connectivity index (χ1n) is 5.42. The molecule has 0 aromatic heterocycles. The highest BCUT2D eigenvalue weighted by Crippen LogP contribution is 2.85. The van der Waals surface area contributed by atoms with Crippen LogP contribution in [0.4, 0.5) is 0 Å². The van der Waals surface area contributed by atoms with Crippen LogP contribution >= 0.6 is 64.0 Å². The van der Waals surface area contributed by atoms with Gasteiger partial charge in [0.15, 0.2) is 0 Å². The highest BCUT2D eigenvalue weighted by Gasteiger charge is 2.36. The van der Waals surface area contributed by atoms with Gasteiger partial charge in [-0.3, -0.25) is 0 Å². The molecule has 0 radical (unpaired) electrons. The summed E-state index contributed by atoms with van der Waals surface area (Å²) in [7, 11) is -2.33. The second-order valence-electron chi connectivity index (χ2n) is 4.26. The molecule has 0 saturated heterocycles. The average Bonchev–Trinajstić information content (AvgIpc) is 2.25. The van der Waals surface area contributed by atoms with Gasteiger partial charge in [-0.15, -0.1) is 0 Å². The van der Waals surface area contributed by atoms with E-state index in [4.69, 9.17) is 45.0 Å². The molecule has 0 aliphatic carbocycles. The van der Waals surface area contributed by atoms with Crippen molar-refractivity contribution in [2.75, 3.05) is 0 Å². The van der Waals surface area contributed by atoms with Gasteiger partial charge in [0.2, 0.25) is 0 Å². The molecule has 10 heteroatoms. The molecule has 1 heterocycles. The van der Waals surface area contributed by atoms with Gasteiger partial charge in [-0.2, -0.15) is 4.52 Å². The fourth-order valence-electron chi connectivity index (χ4n) is 1.77. The van der Waals surface area contributed by atoms with E-state index in [1.54, 1.807) is 0 Å². The summed E-state index contributed by atoms with van der Waals surface area (Å²) in [5.41, 5.74) is 0.124. The van der Waals surface area contributed by atoms with Crippen molar-refractivity contribution in [1.29, 1.82) is 0 Å². The van der Waals surface area contributed by atoms with Crippen LogP contribution in [0.2, 0.25) is 0 Å². The van der Waals surface area contributed by atoms with Gasteiger partial charge in [0.1, 0.15) is 7.21 Å². The van der Waals surface area contributed by atoms with Gasteiger partial charge in [0.05, 0.1) is 0 Å². The molecule has 1 aromatic rings. The maximum absolute atomic E-state index is 6.20. The third-order valence-corrected chi connectivity index (χ3v) is 15.6. The maximum Gasteiger partial charge on any atom is 0.255 e. The van der Waals surface area contributed by atoms with Crippen LogP contribution in [0.25, 0.3) is 0 Å². The molecule has 0 bridgehead atoms. The minimum atomic E-state index is -2.86. The Bertz CT molecular complexity index is 636. The monoisotopic (exact) mass is 395 g/mol. The number of benzene rings is 1. The van der Waals surface area contributed by atoms with Gasteiger partial charge in [-0.05, 0) is 45.0 Å². The standard InChI is InChI=1S/C9H12Cl4N3P3/c1-8(2)17(9-6-4-3-5-7-9)14-18(10,11)16-19(12,13)15-17/h3-8H,1-2H3. The second kappa shape index (κ2) is 5.69. The van der Waals surface area contributed by atoms with Crippen molar-refractivity contribution in [3.8, 4) is 0 Å². The Kier molecular flexibility index (Phi) is 4.93. The Morgan fingerprint density at radius 2 is 1.37 bits per heavy atom. The van der Waals surface area contributed by atoms with E-state index in [0.29, 0.717) is 0 Å². The fourth-order valence-corrected chi connectivity index (χ4v) is 19.0. The summed E-state index contributed by atoms with van der Waals surface area (Å²) in [5.74, 6) is -5.73. The summed E-state index contributed by atoms with van der Waals surface area (Å²) in [5, 5.41) is 0.983. The van der Waals surface area contributed by atoms with E-state index in [2.05, 4.69) is 13.5 Å². The zero-order valence-electron chi connectivity index (χ0n) is 10.2. The first-order chi connectivity index (χ1) is 8.67. The minimum Gasteiger partial charge on any atom is -0.208 e. The van der Waals surface area contributed by atoms with Crippen LogP contribution in [-0.4, -0.2) is 5.66 Å². The summed E-state index contributed by atoms with van der Waals surface area (Å²) in [4.78, 5) is 0. The van der Waals surface area contributed by atoms with Crippen LogP contribution in [0.15, 0.2) is 43.9 Å². The van der Waals surface area contributed by atoms with Gasteiger partial charge >= 0.3 is 0 Å². The predicted octanol–water partition coefficient (Wildman–Crippen LogP) is 7.70. The molecule has 0 N–H and O–H groups in total. The lowest BCUT2D eigenvalue weighted by atomic mass is 10.4. The molecule has 106 valence electrons. The summed E-state index contributed by atoms with van der Waals surface area (Å²) < 4.78 is 13.2. The smallest absolute Gasteiger partial charge is 0.208 e. The highest BCUT2D eigenvalue weighted by atomic mass is 35.9. The Morgan fingerprint density at radius 3 is 1.84 bits per heavy atom. The van der Waals surface area contributed by atoms with Crippen LogP contribution in [0, 0.1) is 0 Å². The largest absolute Gasteiger partial charge is 0.255 e. The van der Waals surface area contributed by atoms with E-state index < -0.39 is 19.0 Å². The average molecular weight is 397 g/mol. The van der Waals surface area contributed by atoms with E-state index in [1.807, 2.05) is 44.2 Å². The number of hydrogen-bond acceptors (Lipinski definition) is 3. The molecule has 2 rings (SSSR count). The van der Waals surface area contributed by atoms with E-state index in [0.717, 1.165) is 5.30 Å². The molecule has 1 aliphatic rings. The van der Waals surface area contributed by atoms with Gasteiger partial charge < -0.3 is 0 Å². The topological polar surface area (TPSA) is 37.1 Å². The zero-order chi connectivity index (χ0) is 14.3. The third-order valence-electron chi connectivity index (χ3n) is 2.56. The molecular formula is C9H12Cl4N3P3. The molecule has 3 nitrogen and oxygen atoms in total. The first-order valence-corrected chi connectivity index (χ1v) is 14.2. The molecule has 1 aliphatic heterocycles. The normalized spacial score (nSPS) is 28.2. The lowest BCUT2D eigenvalue weighted by Gasteiger charge is -2.30. The molecular weight excluding hydrogens is 385 g/mol. The second-order valence-corrected chi connectivity index (χ2v) is 17.8. The van der Waals surface area contributed by atoms with Gasteiger partial charge in [-0.25, -0.2) is 9.03 Å². The Labute approximate surface area is 132 Å². The number of hydrogen-bond donors (Lipinski definition) is 0. The summed E-state index contributed by atoms with van der Waals surface area (Å²) in [6.07, 6.45) is 0. The van der Waals surface area contributed by atoms with Crippen molar-refractivity contribution in [3.05, 3.63) is 30.3 Å². The zero-order valence-corrected chi connectivity index (χ0v) is 15.9. The maximum atomic E-state index is 6.20. The quantitative estimate of drug-likeness (QED) is 0.459. The number of nitrogens with zero attached hydrogens (tertiary/aromatic N) is 3. The predicted molar refractivity (Wildman–Crippen MR) is 92.7 cm³/mol. The van der Waals surface area contributed by atoms with Crippen LogP contribution in [0.5, 0.6) is 0 Å². The van der Waals surface area contributed by atoms with Crippen molar-refractivity contribution >= 4 is 69.3 Å². The number of rotatable bonds is 2. The lowest BCUT2D eigenvalue weighted by Crippen LogP contribution is -2.11. The van der Waals surface area contributed by atoms with E-state index in [9.17, 15) is 0 Å². The Hall–Kier alpha value is 1.07. The molecule has 1 unspecified atom stereocenters. The molecule has 0 fully saturated rings. The Balaban J connectivity index is 2.85.